The van der Waals surface area contributed by atoms with Crippen LogP contribution in [0.25, 0.3) is 22.7 Å². The molecule has 0 saturated carbocycles. The third kappa shape index (κ3) is 3.03. The number of aromatic nitrogens is 2. The number of nitriles is 1. The third-order valence-electron chi connectivity index (χ3n) is 3.69. The van der Waals surface area contributed by atoms with Crippen LogP contribution in [-0.2, 0) is 11.8 Å². The van der Waals surface area contributed by atoms with Crippen molar-refractivity contribution in [3.05, 3.63) is 59.9 Å². The number of fused-ring (bicyclic) bond motifs is 1. The number of para-hydroxylation sites is 2. The van der Waals surface area contributed by atoms with Gasteiger partial charge in [-0.15, -0.1) is 0 Å². The second-order valence-electron chi connectivity index (χ2n) is 5.46. The van der Waals surface area contributed by atoms with Crippen molar-refractivity contribution in [2.75, 3.05) is 5.32 Å². The number of imidazole rings is 1. The van der Waals surface area contributed by atoms with Crippen molar-refractivity contribution in [3.63, 3.8) is 0 Å². The number of nitrogens with zero attached hydrogens (tertiary/aromatic N) is 3. The SMILES string of the molecule is CC(=O)Nc1ccc(/C=C(/C#N)c2nc3ccccc3n2C)cc1. The van der Waals surface area contributed by atoms with E-state index in [-0.39, 0.29) is 5.91 Å². The minimum atomic E-state index is -0.115. The van der Waals surface area contributed by atoms with E-state index in [0.717, 1.165) is 22.3 Å². The highest BCUT2D eigenvalue weighted by atomic mass is 16.1. The molecule has 0 saturated heterocycles. The van der Waals surface area contributed by atoms with Crippen LogP contribution in [0.15, 0.2) is 48.5 Å². The Balaban J connectivity index is 1.98. The van der Waals surface area contributed by atoms with Gasteiger partial charge in [0.15, 0.2) is 5.82 Å². The number of amides is 1. The van der Waals surface area contributed by atoms with Gasteiger partial charge in [0.1, 0.15) is 6.07 Å². The summed E-state index contributed by atoms with van der Waals surface area (Å²) in [6.07, 6.45) is 1.79. The molecule has 2 aromatic carbocycles. The van der Waals surface area contributed by atoms with Crippen LogP contribution in [0.1, 0.15) is 18.3 Å². The Hall–Kier alpha value is -3.39. The molecule has 1 N–H and O–H groups in total. The van der Waals surface area contributed by atoms with Crippen LogP contribution < -0.4 is 5.32 Å². The highest BCUT2D eigenvalue weighted by Gasteiger charge is 2.11. The monoisotopic (exact) mass is 316 g/mol. The lowest BCUT2D eigenvalue weighted by Crippen LogP contribution is -2.05. The van der Waals surface area contributed by atoms with Crippen LogP contribution in [0.5, 0.6) is 0 Å². The third-order valence-corrected chi connectivity index (χ3v) is 3.69. The zero-order valence-corrected chi connectivity index (χ0v) is 13.4. The van der Waals surface area contributed by atoms with Gasteiger partial charge in [-0.1, -0.05) is 24.3 Å². The number of carbonyl (C=O) groups is 1. The fourth-order valence-electron chi connectivity index (χ4n) is 2.57. The Morgan fingerprint density at radius 1 is 1.21 bits per heavy atom. The molecular weight excluding hydrogens is 300 g/mol. The first kappa shape index (κ1) is 15.5. The van der Waals surface area contributed by atoms with Crippen LogP contribution >= 0.6 is 0 Å². The maximum Gasteiger partial charge on any atom is 0.221 e. The van der Waals surface area contributed by atoms with Crippen LogP contribution in [0, 0.1) is 11.3 Å². The normalized spacial score (nSPS) is 11.3. The molecular formula is C19H16N4O. The molecule has 5 nitrogen and oxygen atoms in total. The highest BCUT2D eigenvalue weighted by Crippen LogP contribution is 2.22. The van der Waals surface area contributed by atoms with Crippen molar-refractivity contribution in [2.24, 2.45) is 7.05 Å². The van der Waals surface area contributed by atoms with E-state index in [1.165, 1.54) is 6.92 Å². The smallest absolute Gasteiger partial charge is 0.221 e. The summed E-state index contributed by atoms with van der Waals surface area (Å²) < 4.78 is 1.91. The molecule has 5 heteroatoms. The molecule has 0 fully saturated rings. The largest absolute Gasteiger partial charge is 0.327 e. The van der Waals surface area contributed by atoms with E-state index in [1.807, 2.05) is 48.0 Å². The standard InChI is InChI=1S/C19H16N4O/c1-13(24)21-16-9-7-14(8-10-16)11-15(12-20)19-22-17-5-3-4-6-18(17)23(19)2/h3-11H,1-2H3,(H,21,24)/b15-11-. The second kappa shape index (κ2) is 6.39. The number of hydrogen-bond acceptors (Lipinski definition) is 3. The maximum atomic E-state index is 11.1. The summed E-state index contributed by atoms with van der Waals surface area (Å²) in [5, 5.41) is 12.3. The molecule has 118 valence electrons. The lowest BCUT2D eigenvalue weighted by molar-refractivity contribution is -0.114. The van der Waals surface area contributed by atoms with E-state index in [1.54, 1.807) is 18.2 Å². The predicted molar refractivity (Wildman–Crippen MR) is 94.9 cm³/mol. The number of aryl methyl sites for hydroxylation is 1. The Labute approximate surface area is 139 Å². The summed E-state index contributed by atoms with van der Waals surface area (Å²) in [4.78, 5) is 15.6. The molecule has 1 aromatic heterocycles. The molecule has 1 heterocycles. The van der Waals surface area contributed by atoms with Gasteiger partial charge in [-0.05, 0) is 35.9 Å². The van der Waals surface area contributed by atoms with E-state index >= 15 is 0 Å². The molecule has 24 heavy (non-hydrogen) atoms. The Bertz CT molecular complexity index is 975. The van der Waals surface area contributed by atoms with Gasteiger partial charge >= 0.3 is 0 Å². The molecule has 0 aliphatic heterocycles. The molecule has 0 aliphatic rings. The van der Waals surface area contributed by atoms with Gasteiger partial charge in [-0.3, -0.25) is 4.79 Å². The maximum absolute atomic E-state index is 11.1. The van der Waals surface area contributed by atoms with E-state index in [9.17, 15) is 10.1 Å². The van der Waals surface area contributed by atoms with E-state index in [2.05, 4.69) is 16.4 Å². The molecule has 0 atom stereocenters. The van der Waals surface area contributed by atoms with Gasteiger partial charge in [-0.2, -0.15) is 5.26 Å². The van der Waals surface area contributed by atoms with Crippen LogP contribution in [-0.4, -0.2) is 15.5 Å². The summed E-state index contributed by atoms with van der Waals surface area (Å²) in [6, 6.07) is 17.3. The number of carbonyl (C=O) groups excluding carboxylic acids is 1. The van der Waals surface area contributed by atoms with E-state index < -0.39 is 0 Å². The summed E-state index contributed by atoms with van der Waals surface area (Å²) in [7, 11) is 1.90. The lowest BCUT2D eigenvalue weighted by Gasteiger charge is -2.03. The number of rotatable bonds is 3. The average molecular weight is 316 g/mol. The fourth-order valence-corrected chi connectivity index (χ4v) is 2.57. The predicted octanol–water partition coefficient (Wildman–Crippen LogP) is 3.60. The molecule has 0 bridgehead atoms. The summed E-state index contributed by atoms with van der Waals surface area (Å²) in [5.41, 5.74) is 3.92. The van der Waals surface area contributed by atoms with E-state index in [0.29, 0.717) is 11.4 Å². The molecule has 0 spiro atoms. The summed E-state index contributed by atoms with van der Waals surface area (Å²) in [5.74, 6) is 0.514. The highest BCUT2D eigenvalue weighted by molar-refractivity contribution is 5.92. The first-order chi connectivity index (χ1) is 11.6. The average Bonchev–Trinajstić information content (AvgIpc) is 2.91. The van der Waals surface area contributed by atoms with Gasteiger partial charge in [-0.25, -0.2) is 4.98 Å². The van der Waals surface area contributed by atoms with Crippen molar-refractivity contribution >= 4 is 34.3 Å². The molecule has 0 unspecified atom stereocenters. The van der Waals surface area contributed by atoms with Gasteiger partial charge in [0.25, 0.3) is 0 Å². The lowest BCUT2D eigenvalue weighted by atomic mass is 10.1. The van der Waals surface area contributed by atoms with Crippen LogP contribution in [0.4, 0.5) is 5.69 Å². The molecule has 3 aromatic rings. The van der Waals surface area contributed by atoms with Crippen molar-refractivity contribution in [3.8, 4) is 6.07 Å². The number of nitrogens with one attached hydrogen (secondary N) is 1. The Morgan fingerprint density at radius 2 is 1.92 bits per heavy atom. The quantitative estimate of drug-likeness (QED) is 0.751. The minimum absolute atomic E-state index is 0.115. The van der Waals surface area contributed by atoms with E-state index in [4.69, 9.17) is 0 Å². The zero-order valence-electron chi connectivity index (χ0n) is 13.4. The second-order valence-corrected chi connectivity index (χ2v) is 5.46. The number of allylic oxidation sites excluding steroid dienone is 1. The van der Waals surface area contributed by atoms with Gasteiger partial charge < -0.3 is 9.88 Å². The number of anilines is 1. The van der Waals surface area contributed by atoms with Crippen molar-refractivity contribution in [1.29, 1.82) is 5.26 Å². The van der Waals surface area contributed by atoms with Gasteiger partial charge in [0.2, 0.25) is 5.91 Å². The summed E-state index contributed by atoms with van der Waals surface area (Å²) >= 11 is 0. The minimum Gasteiger partial charge on any atom is -0.327 e. The van der Waals surface area contributed by atoms with Crippen LogP contribution in [0.3, 0.4) is 0 Å². The van der Waals surface area contributed by atoms with Crippen molar-refractivity contribution in [2.45, 2.75) is 6.92 Å². The van der Waals surface area contributed by atoms with Gasteiger partial charge in [0.05, 0.1) is 16.6 Å². The number of benzene rings is 2. The summed E-state index contributed by atoms with van der Waals surface area (Å²) in [6.45, 7) is 1.47. The topological polar surface area (TPSA) is 70.7 Å². The molecule has 0 radical (unpaired) electrons. The molecule has 0 aliphatic carbocycles. The molecule has 3 rings (SSSR count). The van der Waals surface area contributed by atoms with Gasteiger partial charge in [0, 0.05) is 19.7 Å². The van der Waals surface area contributed by atoms with Crippen LogP contribution in [0.2, 0.25) is 0 Å². The zero-order chi connectivity index (χ0) is 17.1. The van der Waals surface area contributed by atoms with Crippen molar-refractivity contribution in [1.82, 2.24) is 9.55 Å². The molecule has 1 amide bonds. The Morgan fingerprint density at radius 3 is 2.54 bits per heavy atom. The van der Waals surface area contributed by atoms with Crippen molar-refractivity contribution < 1.29 is 4.79 Å². The number of hydrogen-bond donors (Lipinski definition) is 1. The first-order valence-corrected chi connectivity index (χ1v) is 7.50. The first-order valence-electron chi connectivity index (χ1n) is 7.50. The Kier molecular flexibility index (Phi) is 4.13. The fraction of sp³-hybridized carbons (Fsp3) is 0.105.